The molecule has 0 saturated heterocycles. The van der Waals surface area contributed by atoms with Crippen LogP contribution in [0.1, 0.15) is 42.9 Å². The van der Waals surface area contributed by atoms with Gasteiger partial charge in [-0.3, -0.25) is 4.79 Å². The molecule has 3 nitrogen and oxygen atoms in total. The third-order valence-electron chi connectivity index (χ3n) is 5.76. The van der Waals surface area contributed by atoms with Gasteiger partial charge in [0.2, 0.25) is 5.91 Å². The molecule has 1 heterocycles. The van der Waals surface area contributed by atoms with Crippen LogP contribution in [-0.4, -0.2) is 17.0 Å². The van der Waals surface area contributed by atoms with Gasteiger partial charge < -0.3 is 9.88 Å². The Labute approximate surface area is 195 Å². The van der Waals surface area contributed by atoms with Crippen molar-refractivity contribution < 1.29 is 4.79 Å². The molecule has 0 aliphatic carbocycles. The lowest BCUT2D eigenvalue weighted by Gasteiger charge is -2.18. The first-order chi connectivity index (χ1) is 15.5. The largest absolute Gasteiger partial charge is 0.356 e. The lowest BCUT2D eigenvalue weighted by molar-refractivity contribution is -0.121. The van der Waals surface area contributed by atoms with Crippen LogP contribution in [0.15, 0.2) is 85.1 Å². The first kappa shape index (κ1) is 22.2. The molecule has 4 rings (SSSR count). The van der Waals surface area contributed by atoms with Crippen LogP contribution in [0.25, 0.3) is 10.9 Å². The minimum atomic E-state index is -0.0543. The molecule has 4 aromatic rings. The molecule has 0 bridgehead atoms. The summed E-state index contributed by atoms with van der Waals surface area (Å²) < 4.78 is 2.29. The van der Waals surface area contributed by atoms with Crippen LogP contribution in [0.4, 0.5) is 0 Å². The van der Waals surface area contributed by atoms with Gasteiger partial charge in [0.15, 0.2) is 0 Å². The molecule has 1 N–H and O–H groups in total. The number of aromatic nitrogens is 1. The Kier molecular flexibility index (Phi) is 6.96. The van der Waals surface area contributed by atoms with Crippen LogP contribution in [0.2, 0.25) is 5.02 Å². The van der Waals surface area contributed by atoms with Crippen molar-refractivity contribution in [3.63, 3.8) is 0 Å². The molecule has 0 fully saturated rings. The van der Waals surface area contributed by atoms with Crippen LogP contribution in [0.3, 0.4) is 0 Å². The average molecular weight is 445 g/mol. The standard InChI is InChI=1S/C28H29ClN2O/c1-20(2)17-30-28(32)16-25(22-12-14-23(29)15-13-22)26-19-31(18-21-8-4-3-5-9-21)27-11-7-6-10-24(26)27/h3-15,19-20,25H,16-18H2,1-2H3,(H,30,32). The van der Waals surface area contributed by atoms with Gasteiger partial charge >= 0.3 is 0 Å². The number of hydrogen-bond donors (Lipinski definition) is 1. The maximum Gasteiger partial charge on any atom is 0.220 e. The smallest absolute Gasteiger partial charge is 0.220 e. The average Bonchev–Trinajstić information content (AvgIpc) is 3.16. The van der Waals surface area contributed by atoms with E-state index in [0.29, 0.717) is 23.9 Å². The van der Waals surface area contributed by atoms with Gasteiger partial charge in [-0.2, -0.15) is 0 Å². The van der Waals surface area contributed by atoms with Gasteiger partial charge in [0.1, 0.15) is 0 Å². The van der Waals surface area contributed by atoms with Crippen molar-refractivity contribution in [1.29, 1.82) is 0 Å². The molecule has 0 radical (unpaired) electrons. The van der Waals surface area contributed by atoms with E-state index in [4.69, 9.17) is 11.6 Å². The van der Waals surface area contributed by atoms with E-state index >= 15 is 0 Å². The normalized spacial score (nSPS) is 12.2. The predicted molar refractivity (Wildman–Crippen MR) is 133 cm³/mol. The number of benzene rings is 3. The molecular formula is C28H29ClN2O. The first-order valence-corrected chi connectivity index (χ1v) is 11.5. The van der Waals surface area contributed by atoms with Gasteiger partial charge in [-0.15, -0.1) is 0 Å². The second kappa shape index (κ2) is 10.1. The van der Waals surface area contributed by atoms with Crippen LogP contribution in [-0.2, 0) is 11.3 Å². The highest BCUT2D eigenvalue weighted by molar-refractivity contribution is 6.30. The van der Waals surface area contributed by atoms with E-state index < -0.39 is 0 Å². The summed E-state index contributed by atoms with van der Waals surface area (Å²) in [6, 6.07) is 26.8. The maximum atomic E-state index is 12.9. The van der Waals surface area contributed by atoms with Gasteiger partial charge in [-0.1, -0.05) is 86.1 Å². The fourth-order valence-electron chi connectivity index (χ4n) is 4.14. The number of nitrogens with zero attached hydrogens (tertiary/aromatic N) is 1. The topological polar surface area (TPSA) is 34.0 Å². The number of hydrogen-bond acceptors (Lipinski definition) is 1. The number of carbonyl (C=O) groups excluding carboxylic acids is 1. The maximum absolute atomic E-state index is 12.9. The molecule has 0 spiro atoms. The summed E-state index contributed by atoms with van der Waals surface area (Å²) in [6.07, 6.45) is 2.61. The minimum Gasteiger partial charge on any atom is -0.356 e. The Morgan fingerprint density at radius 3 is 2.34 bits per heavy atom. The second-order valence-electron chi connectivity index (χ2n) is 8.72. The van der Waals surface area contributed by atoms with E-state index in [1.54, 1.807) is 0 Å². The molecule has 3 aromatic carbocycles. The highest BCUT2D eigenvalue weighted by atomic mass is 35.5. The Bertz CT molecular complexity index is 1180. The van der Waals surface area contributed by atoms with Crippen molar-refractivity contribution >= 4 is 28.4 Å². The molecule has 0 aliphatic rings. The number of nitrogens with one attached hydrogen (secondary N) is 1. The lowest BCUT2D eigenvalue weighted by atomic mass is 9.88. The van der Waals surface area contributed by atoms with Crippen LogP contribution >= 0.6 is 11.6 Å². The quantitative estimate of drug-likeness (QED) is 0.325. The zero-order chi connectivity index (χ0) is 22.5. The highest BCUT2D eigenvalue weighted by Crippen LogP contribution is 2.35. The van der Waals surface area contributed by atoms with Gasteiger partial charge in [0.25, 0.3) is 0 Å². The van der Waals surface area contributed by atoms with E-state index in [1.165, 1.54) is 22.0 Å². The SMILES string of the molecule is CC(C)CNC(=O)CC(c1ccc(Cl)cc1)c1cn(Cc2ccccc2)c2ccccc12. The summed E-state index contributed by atoms with van der Waals surface area (Å²) in [4.78, 5) is 12.9. The monoisotopic (exact) mass is 444 g/mol. The minimum absolute atomic E-state index is 0.0543. The number of rotatable bonds is 8. The van der Waals surface area contributed by atoms with Gasteiger partial charge in [-0.05, 0) is 40.8 Å². The van der Waals surface area contributed by atoms with Crippen molar-refractivity contribution in [3.05, 3.63) is 107 Å². The lowest BCUT2D eigenvalue weighted by Crippen LogP contribution is -2.28. The Morgan fingerprint density at radius 1 is 0.938 bits per heavy atom. The fourth-order valence-corrected chi connectivity index (χ4v) is 4.27. The van der Waals surface area contributed by atoms with Gasteiger partial charge in [0, 0.05) is 47.6 Å². The molecule has 164 valence electrons. The molecular weight excluding hydrogens is 416 g/mol. The summed E-state index contributed by atoms with van der Waals surface area (Å²) >= 11 is 6.16. The summed E-state index contributed by atoms with van der Waals surface area (Å²) in [5.74, 6) is 0.431. The molecule has 1 unspecified atom stereocenters. The summed E-state index contributed by atoms with van der Waals surface area (Å²) in [5.41, 5.74) is 4.68. The van der Waals surface area contributed by atoms with E-state index in [9.17, 15) is 4.79 Å². The third-order valence-corrected chi connectivity index (χ3v) is 6.01. The van der Waals surface area contributed by atoms with Crippen LogP contribution < -0.4 is 5.32 Å². The number of para-hydroxylation sites is 1. The zero-order valence-electron chi connectivity index (χ0n) is 18.6. The van der Waals surface area contributed by atoms with E-state index in [2.05, 4.69) is 78.5 Å². The molecule has 0 aliphatic heterocycles. The van der Waals surface area contributed by atoms with Crippen molar-refractivity contribution in [2.24, 2.45) is 5.92 Å². The number of halogens is 1. The first-order valence-electron chi connectivity index (χ1n) is 11.1. The fraction of sp³-hybridized carbons (Fsp3) is 0.250. The number of fused-ring (bicyclic) bond motifs is 1. The van der Waals surface area contributed by atoms with E-state index in [1.807, 2.05) is 30.3 Å². The number of carbonyl (C=O) groups is 1. The Morgan fingerprint density at radius 2 is 1.62 bits per heavy atom. The van der Waals surface area contributed by atoms with Crippen LogP contribution in [0.5, 0.6) is 0 Å². The summed E-state index contributed by atoms with van der Waals surface area (Å²) in [7, 11) is 0. The van der Waals surface area contributed by atoms with Gasteiger partial charge in [0.05, 0.1) is 0 Å². The van der Waals surface area contributed by atoms with Crippen molar-refractivity contribution in [1.82, 2.24) is 9.88 Å². The molecule has 1 atom stereocenters. The van der Waals surface area contributed by atoms with E-state index in [-0.39, 0.29) is 11.8 Å². The third kappa shape index (κ3) is 5.23. The molecule has 0 saturated carbocycles. The highest BCUT2D eigenvalue weighted by Gasteiger charge is 2.23. The van der Waals surface area contributed by atoms with Gasteiger partial charge in [-0.25, -0.2) is 0 Å². The molecule has 1 amide bonds. The molecule has 32 heavy (non-hydrogen) atoms. The Hall–Kier alpha value is -3.04. The van der Waals surface area contributed by atoms with Crippen molar-refractivity contribution in [2.45, 2.75) is 32.7 Å². The Balaban J connectivity index is 1.75. The summed E-state index contributed by atoms with van der Waals surface area (Å²) in [6.45, 7) is 5.68. The van der Waals surface area contributed by atoms with E-state index in [0.717, 1.165) is 12.1 Å². The predicted octanol–water partition coefficient (Wildman–Crippen LogP) is 6.64. The summed E-state index contributed by atoms with van der Waals surface area (Å²) in [5, 5.41) is 4.96. The van der Waals surface area contributed by atoms with Crippen molar-refractivity contribution in [3.8, 4) is 0 Å². The number of amides is 1. The molecule has 1 aromatic heterocycles. The van der Waals surface area contributed by atoms with Crippen LogP contribution in [0, 0.1) is 5.92 Å². The zero-order valence-corrected chi connectivity index (χ0v) is 19.3. The second-order valence-corrected chi connectivity index (χ2v) is 9.16. The van der Waals surface area contributed by atoms with Crippen molar-refractivity contribution in [2.75, 3.05) is 6.54 Å². The molecule has 4 heteroatoms.